The molecular weight excluding hydrogens is 337 g/mol. The highest BCUT2D eigenvalue weighted by Crippen LogP contribution is 2.38. The molecule has 4 rings (SSSR count). The van der Waals surface area contributed by atoms with Crippen molar-refractivity contribution in [2.75, 3.05) is 4.90 Å². The van der Waals surface area contributed by atoms with Gasteiger partial charge in [-0.3, -0.25) is 9.69 Å². The third kappa shape index (κ3) is 2.90. The number of rotatable bonds is 3. The Balaban J connectivity index is 1.62. The predicted octanol–water partition coefficient (Wildman–Crippen LogP) is 3.77. The summed E-state index contributed by atoms with van der Waals surface area (Å²) in [5.74, 6) is 0.120. The van der Waals surface area contributed by atoms with E-state index in [2.05, 4.69) is 13.0 Å². The maximum Gasteiger partial charge on any atom is 0.494 e. The van der Waals surface area contributed by atoms with Crippen LogP contribution < -0.4 is 10.4 Å². The van der Waals surface area contributed by atoms with Gasteiger partial charge >= 0.3 is 7.12 Å². The van der Waals surface area contributed by atoms with Crippen molar-refractivity contribution in [2.45, 2.75) is 58.7 Å². The molecule has 0 spiro atoms. The molecule has 0 aliphatic carbocycles. The molecule has 4 nitrogen and oxygen atoms in total. The van der Waals surface area contributed by atoms with Crippen molar-refractivity contribution in [3.8, 4) is 0 Å². The molecule has 2 heterocycles. The number of anilines is 2. The molecule has 0 radical (unpaired) electrons. The van der Waals surface area contributed by atoms with Gasteiger partial charge in [0.15, 0.2) is 0 Å². The van der Waals surface area contributed by atoms with E-state index < -0.39 is 7.12 Å². The molecule has 0 aromatic heterocycles. The monoisotopic (exact) mass is 363 g/mol. The van der Waals surface area contributed by atoms with E-state index in [4.69, 9.17) is 9.31 Å². The molecule has 2 aromatic carbocycles. The Morgan fingerprint density at radius 3 is 2.22 bits per heavy atom. The van der Waals surface area contributed by atoms with E-state index in [0.29, 0.717) is 6.42 Å². The lowest BCUT2D eigenvalue weighted by molar-refractivity contribution is -0.116. The molecule has 1 saturated heterocycles. The van der Waals surface area contributed by atoms with Crippen molar-refractivity contribution >= 4 is 29.9 Å². The van der Waals surface area contributed by atoms with Crippen LogP contribution in [0.5, 0.6) is 0 Å². The number of hydrogen-bond donors (Lipinski definition) is 0. The number of fused-ring (bicyclic) bond motifs is 1. The van der Waals surface area contributed by atoms with Crippen LogP contribution in [-0.4, -0.2) is 24.2 Å². The fraction of sp³-hybridized carbons (Fsp3) is 0.409. The normalized spacial score (nSPS) is 20.3. The summed E-state index contributed by atoms with van der Waals surface area (Å²) in [4.78, 5) is 14.5. The largest absolute Gasteiger partial charge is 0.494 e. The molecule has 1 fully saturated rings. The minimum atomic E-state index is -0.391. The topological polar surface area (TPSA) is 38.8 Å². The van der Waals surface area contributed by atoms with Crippen LogP contribution in [0.4, 0.5) is 11.4 Å². The number of nitrogens with zero attached hydrogens (tertiary/aromatic N) is 1. The molecule has 0 saturated carbocycles. The summed E-state index contributed by atoms with van der Waals surface area (Å²) in [6, 6.07) is 14.1. The van der Waals surface area contributed by atoms with Gasteiger partial charge in [-0.15, -0.1) is 0 Å². The smallest absolute Gasteiger partial charge is 0.399 e. The SMILES string of the molecule is CCc1cccc2c1CC(=O)N2c1ccc(B2OC(C)(C)C(C)(C)O2)cc1. The molecule has 1 amide bonds. The van der Waals surface area contributed by atoms with E-state index in [1.54, 1.807) is 0 Å². The van der Waals surface area contributed by atoms with Crippen LogP contribution in [0.15, 0.2) is 42.5 Å². The van der Waals surface area contributed by atoms with Gasteiger partial charge in [0.1, 0.15) is 0 Å². The first-order chi connectivity index (χ1) is 12.7. The van der Waals surface area contributed by atoms with Gasteiger partial charge in [0.25, 0.3) is 0 Å². The van der Waals surface area contributed by atoms with Crippen LogP contribution in [0.1, 0.15) is 45.7 Å². The van der Waals surface area contributed by atoms with Crippen LogP contribution in [-0.2, 0) is 26.9 Å². The van der Waals surface area contributed by atoms with Gasteiger partial charge in [-0.05, 0) is 68.9 Å². The molecule has 0 N–H and O–H groups in total. The van der Waals surface area contributed by atoms with E-state index in [0.717, 1.165) is 28.8 Å². The van der Waals surface area contributed by atoms with Crippen LogP contribution in [0.2, 0.25) is 0 Å². The summed E-state index contributed by atoms with van der Waals surface area (Å²) >= 11 is 0. The summed E-state index contributed by atoms with van der Waals surface area (Å²) < 4.78 is 12.2. The van der Waals surface area contributed by atoms with E-state index in [9.17, 15) is 4.79 Å². The minimum absolute atomic E-state index is 0.120. The van der Waals surface area contributed by atoms with E-state index in [1.807, 2.05) is 69.0 Å². The van der Waals surface area contributed by atoms with Crippen molar-refractivity contribution in [1.29, 1.82) is 0 Å². The maximum atomic E-state index is 12.7. The highest BCUT2D eigenvalue weighted by Gasteiger charge is 2.51. The molecule has 27 heavy (non-hydrogen) atoms. The quantitative estimate of drug-likeness (QED) is 0.780. The molecule has 140 valence electrons. The van der Waals surface area contributed by atoms with Gasteiger partial charge in [-0.2, -0.15) is 0 Å². The second-order valence-corrected chi connectivity index (χ2v) is 8.35. The van der Waals surface area contributed by atoms with Gasteiger partial charge in [0.05, 0.1) is 23.3 Å². The van der Waals surface area contributed by atoms with Crippen molar-refractivity contribution < 1.29 is 14.1 Å². The highest BCUT2D eigenvalue weighted by molar-refractivity contribution is 6.62. The average Bonchev–Trinajstić information content (AvgIpc) is 3.07. The standard InChI is InChI=1S/C22H26BNO3/c1-6-15-8-7-9-19-18(15)14-20(25)24(19)17-12-10-16(11-13-17)23-26-21(2,3)22(4,5)27-23/h7-13H,6,14H2,1-5H3. The molecule has 0 atom stereocenters. The molecule has 5 heteroatoms. The summed E-state index contributed by atoms with van der Waals surface area (Å²) in [6.07, 6.45) is 1.41. The molecule has 2 aromatic rings. The number of hydrogen-bond acceptors (Lipinski definition) is 3. The summed E-state index contributed by atoms with van der Waals surface area (Å²) in [6.45, 7) is 10.3. The Morgan fingerprint density at radius 1 is 1.00 bits per heavy atom. The van der Waals surface area contributed by atoms with E-state index in [-0.39, 0.29) is 17.1 Å². The third-order valence-electron chi connectivity index (χ3n) is 6.12. The first-order valence-electron chi connectivity index (χ1n) is 9.63. The zero-order valence-corrected chi connectivity index (χ0v) is 16.7. The van der Waals surface area contributed by atoms with Crippen molar-refractivity contribution in [3.63, 3.8) is 0 Å². The number of carbonyl (C=O) groups excluding carboxylic acids is 1. The Hall–Kier alpha value is -2.11. The molecule has 2 aliphatic rings. The molecule has 0 unspecified atom stereocenters. The maximum absolute atomic E-state index is 12.7. The van der Waals surface area contributed by atoms with Crippen LogP contribution in [0.25, 0.3) is 0 Å². The van der Waals surface area contributed by atoms with Gasteiger partial charge in [-0.25, -0.2) is 0 Å². The predicted molar refractivity (Wildman–Crippen MR) is 109 cm³/mol. The van der Waals surface area contributed by atoms with Crippen molar-refractivity contribution in [1.82, 2.24) is 0 Å². The Morgan fingerprint density at radius 2 is 1.63 bits per heavy atom. The highest BCUT2D eigenvalue weighted by atomic mass is 16.7. The number of aryl methyl sites for hydroxylation is 1. The fourth-order valence-electron chi connectivity index (χ4n) is 3.77. The molecular formula is C22H26BNO3. The van der Waals surface area contributed by atoms with E-state index in [1.165, 1.54) is 5.56 Å². The third-order valence-corrected chi connectivity index (χ3v) is 6.12. The van der Waals surface area contributed by atoms with Gasteiger partial charge in [0, 0.05) is 5.69 Å². The average molecular weight is 363 g/mol. The summed E-state index contributed by atoms with van der Waals surface area (Å²) in [5.41, 5.74) is 4.52. The second-order valence-electron chi connectivity index (χ2n) is 8.35. The van der Waals surface area contributed by atoms with Gasteiger partial charge < -0.3 is 9.31 Å². The molecule has 2 aliphatic heterocycles. The zero-order chi connectivity index (χ0) is 19.4. The summed E-state index contributed by atoms with van der Waals surface area (Å²) in [7, 11) is -0.391. The lowest BCUT2D eigenvalue weighted by Crippen LogP contribution is -2.41. The first kappa shape index (κ1) is 18.3. The number of benzene rings is 2. The number of carbonyl (C=O) groups is 1. The Kier molecular flexibility index (Phi) is 4.20. The summed E-state index contributed by atoms with van der Waals surface area (Å²) in [5, 5.41) is 0. The lowest BCUT2D eigenvalue weighted by atomic mass is 9.79. The second kappa shape index (κ2) is 6.21. The van der Waals surface area contributed by atoms with E-state index >= 15 is 0 Å². The van der Waals surface area contributed by atoms with Crippen molar-refractivity contribution in [3.05, 3.63) is 53.6 Å². The van der Waals surface area contributed by atoms with Gasteiger partial charge in [0.2, 0.25) is 5.91 Å². The Bertz CT molecular complexity index is 873. The van der Waals surface area contributed by atoms with Crippen LogP contribution >= 0.6 is 0 Å². The van der Waals surface area contributed by atoms with Crippen molar-refractivity contribution in [2.24, 2.45) is 0 Å². The van der Waals surface area contributed by atoms with Crippen LogP contribution in [0.3, 0.4) is 0 Å². The lowest BCUT2D eigenvalue weighted by Gasteiger charge is -2.32. The zero-order valence-electron chi connectivity index (χ0n) is 16.7. The fourth-order valence-corrected chi connectivity index (χ4v) is 3.77. The molecule has 0 bridgehead atoms. The first-order valence-corrected chi connectivity index (χ1v) is 9.63. The minimum Gasteiger partial charge on any atom is -0.399 e. The van der Waals surface area contributed by atoms with Crippen LogP contribution in [0, 0.1) is 0 Å². The number of amides is 1. The van der Waals surface area contributed by atoms with Gasteiger partial charge in [-0.1, -0.05) is 31.2 Å². The Labute approximate surface area is 161 Å².